The van der Waals surface area contributed by atoms with Crippen molar-refractivity contribution in [2.75, 3.05) is 5.32 Å². The number of rotatable bonds is 3. The largest absolute Gasteiger partial charge is 0.365 e. The number of aromatic amines is 1. The Labute approximate surface area is 112 Å². The fourth-order valence-electron chi connectivity index (χ4n) is 1.34. The van der Waals surface area contributed by atoms with Crippen molar-refractivity contribution in [2.45, 2.75) is 6.54 Å². The molecule has 0 aliphatic rings. The molecule has 1 heterocycles. The van der Waals surface area contributed by atoms with Crippen molar-refractivity contribution in [3.63, 3.8) is 0 Å². The highest BCUT2D eigenvalue weighted by Crippen LogP contribution is 2.18. The van der Waals surface area contributed by atoms with Crippen LogP contribution in [0, 0.1) is 5.82 Å². The van der Waals surface area contributed by atoms with Crippen molar-refractivity contribution in [1.29, 1.82) is 0 Å². The summed E-state index contributed by atoms with van der Waals surface area (Å²) < 4.78 is 12.9. The van der Waals surface area contributed by atoms with E-state index in [4.69, 9.17) is 23.2 Å². The Hall–Kier alpha value is -1.59. The molecule has 0 bridgehead atoms. The molecule has 0 aliphatic heterocycles. The van der Waals surface area contributed by atoms with Crippen LogP contribution in [0.2, 0.25) is 10.0 Å². The second-order valence-electron chi connectivity index (χ2n) is 3.50. The first kappa shape index (κ1) is 12.9. The average molecular weight is 288 g/mol. The normalized spacial score (nSPS) is 10.4. The molecule has 94 valence electrons. The highest BCUT2D eigenvalue weighted by molar-refractivity contribution is 6.32. The number of halogens is 3. The maximum absolute atomic E-state index is 12.9. The van der Waals surface area contributed by atoms with Gasteiger partial charge in [0, 0.05) is 6.54 Å². The number of anilines is 1. The molecule has 0 unspecified atom stereocenters. The van der Waals surface area contributed by atoms with E-state index in [0.29, 0.717) is 6.54 Å². The van der Waals surface area contributed by atoms with Gasteiger partial charge in [-0.3, -0.25) is 4.79 Å². The van der Waals surface area contributed by atoms with Crippen LogP contribution >= 0.6 is 23.2 Å². The van der Waals surface area contributed by atoms with Gasteiger partial charge in [0.15, 0.2) is 5.82 Å². The SMILES string of the molecule is O=c1[nH]cnc(NCc2ccc(F)c(Cl)c2)c1Cl. The molecule has 2 rings (SSSR count). The van der Waals surface area contributed by atoms with E-state index in [9.17, 15) is 9.18 Å². The minimum Gasteiger partial charge on any atom is -0.365 e. The Kier molecular flexibility index (Phi) is 3.84. The van der Waals surface area contributed by atoms with Crippen molar-refractivity contribution in [2.24, 2.45) is 0 Å². The maximum atomic E-state index is 12.9. The van der Waals surface area contributed by atoms with Crippen molar-refractivity contribution in [1.82, 2.24) is 9.97 Å². The summed E-state index contributed by atoms with van der Waals surface area (Å²) in [5, 5.41) is 2.89. The molecule has 0 fully saturated rings. The van der Waals surface area contributed by atoms with Gasteiger partial charge in [-0.2, -0.15) is 0 Å². The van der Waals surface area contributed by atoms with Crippen molar-refractivity contribution in [3.8, 4) is 0 Å². The number of hydrogen-bond acceptors (Lipinski definition) is 3. The van der Waals surface area contributed by atoms with Crippen molar-refractivity contribution < 1.29 is 4.39 Å². The average Bonchev–Trinajstić information content (AvgIpc) is 2.35. The van der Waals surface area contributed by atoms with Crippen LogP contribution in [0.1, 0.15) is 5.56 Å². The van der Waals surface area contributed by atoms with E-state index < -0.39 is 11.4 Å². The minimum absolute atomic E-state index is 0.0225. The number of benzene rings is 1. The van der Waals surface area contributed by atoms with Gasteiger partial charge in [0.1, 0.15) is 10.8 Å². The summed E-state index contributed by atoms with van der Waals surface area (Å²) in [6, 6.07) is 4.34. The third kappa shape index (κ3) is 2.80. The summed E-state index contributed by atoms with van der Waals surface area (Å²) in [6.45, 7) is 0.330. The fourth-order valence-corrected chi connectivity index (χ4v) is 1.71. The van der Waals surface area contributed by atoms with Gasteiger partial charge in [-0.15, -0.1) is 0 Å². The standard InChI is InChI=1S/C11H8Cl2FN3O/c12-7-3-6(1-2-8(7)14)4-15-10-9(13)11(18)17-5-16-10/h1-3,5H,4H2,(H2,15,16,17,18). The third-order valence-electron chi connectivity index (χ3n) is 2.24. The minimum atomic E-state index is -0.479. The Morgan fingerprint density at radius 3 is 2.89 bits per heavy atom. The molecule has 0 spiro atoms. The predicted molar refractivity (Wildman–Crippen MR) is 68.6 cm³/mol. The first-order valence-corrected chi connectivity index (χ1v) is 5.74. The molecular formula is C11H8Cl2FN3O. The van der Waals surface area contributed by atoms with Crippen LogP contribution in [0.25, 0.3) is 0 Å². The van der Waals surface area contributed by atoms with Crippen molar-refractivity contribution >= 4 is 29.0 Å². The molecule has 0 saturated carbocycles. The van der Waals surface area contributed by atoms with Crippen LogP contribution in [0.3, 0.4) is 0 Å². The van der Waals surface area contributed by atoms with E-state index in [1.807, 2.05) is 0 Å². The molecule has 0 aliphatic carbocycles. The van der Waals surface area contributed by atoms with Gasteiger partial charge >= 0.3 is 0 Å². The number of H-pyrrole nitrogens is 1. The van der Waals surface area contributed by atoms with Crippen molar-refractivity contribution in [3.05, 3.63) is 56.3 Å². The molecule has 0 amide bonds. The molecule has 18 heavy (non-hydrogen) atoms. The zero-order chi connectivity index (χ0) is 13.1. The maximum Gasteiger partial charge on any atom is 0.271 e. The lowest BCUT2D eigenvalue weighted by molar-refractivity contribution is 0.627. The van der Waals surface area contributed by atoms with E-state index in [1.54, 1.807) is 6.07 Å². The van der Waals surface area contributed by atoms with E-state index in [2.05, 4.69) is 15.3 Å². The summed E-state index contributed by atoms with van der Waals surface area (Å²) in [4.78, 5) is 17.4. The van der Waals surface area contributed by atoms with Crippen LogP contribution in [-0.4, -0.2) is 9.97 Å². The zero-order valence-electron chi connectivity index (χ0n) is 9.01. The first-order chi connectivity index (χ1) is 8.58. The number of nitrogens with one attached hydrogen (secondary N) is 2. The number of aromatic nitrogens is 2. The Morgan fingerprint density at radius 1 is 1.39 bits per heavy atom. The summed E-state index contributed by atoms with van der Waals surface area (Å²) in [5.74, 6) is -0.214. The van der Waals surface area contributed by atoms with Crippen LogP contribution in [0.5, 0.6) is 0 Å². The molecule has 1 aromatic heterocycles. The summed E-state index contributed by atoms with van der Waals surface area (Å²) in [5.41, 5.74) is 0.325. The molecule has 4 nitrogen and oxygen atoms in total. The topological polar surface area (TPSA) is 57.8 Å². The van der Waals surface area contributed by atoms with Gasteiger partial charge in [-0.1, -0.05) is 29.3 Å². The Bertz CT molecular complexity index is 630. The van der Waals surface area contributed by atoms with Crippen LogP contribution < -0.4 is 10.9 Å². The molecule has 1 aromatic carbocycles. The molecule has 0 saturated heterocycles. The van der Waals surface area contributed by atoms with Crippen LogP contribution in [-0.2, 0) is 6.54 Å². The monoisotopic (exact) mass is 287 g/mol. The summed E-state index contributed by atoms with van der Waals surface area (Å²) in [7, 11) is 0. The van der Waals surface area contributed by atoms with Gasteiger partial charge in [0.2, 0.25) is 0 Å². The number of hydrogen-bond donors (Lipinski definition) is 2. The fraction of sp³-hybridized carbons (Fsp3) is 0.0909. The Balaban J connectivity index is 2.14. The Morgan fingerprint density at radius 2 is 2.17 bits per heavy atom. The van der Waals surface area contributed by atoms with E-state index in [-0.39, 0.29) is 15.9 Å². The quantitative estimate of drug-likeness (QED) is 0.913. The highest BCUT2D eigenvalue weighted by Gasteiger charge is 2.06. The van der Waals surface area contributed by atoms with Gasteiger partial charge < -0.3 is 10.3 Å². The molecular weight excluding hydrogens is 280 g/mol. The van der Waals surface area contributed by atoms with Gasteiger partial charge in [0.25, 0.3) is 5.56 Å². The van der Waals surface area contributed by atoms with Crippen LogP contribution in [0.15, 0.2) is 29.3 Å². The molecule has 2 aromatic rings. The van der Waals surface area contributed by atoms with E-state index in [0.717, 1.165) is 5.56 Å². The first-order valence-electron chi connectivity index (χ1n) is 4.99. The zero-order valence-corrected chi connectivity index (χ0v) is 10.5. The lowest BCUT2D eigenvalue weighted by Crippen LogP contribution is -2.11. The lowest BCUT2D eigenvalue weighted by atomic mass is 10.2. The van der Waals surface area contributed by atoms with Crippen LogP contribution in [0.4, 0.5) is 10.2 Å². The van der Waals surface area contributed by atoms with E-state index >= 15 is 0 Å². The number of nitrogens with zero attached hydrogens (tertiary/aromatic N) is 1. The second kappa shape index (κ2) is 5.37. The molecule has 0 radical (unpaired) electrons. The highest BCUT2D eigenvalue weighted by atomic mass is 35.5. The summed E-state index contributed by atoms with van der Waals surface area (Å²) >= 11 is 11.4. The second-order valence-corrected chi connectivity index (χ2v) is 4.28. The lowest BCUT2D eigenvalue weighted by Gasteiger charge is -2.07. The smallest absolute Gasteiger partial charge is 0.271 e. The predicted octanol–water partition coefficient (Wildman–Crippen LogP) is 2.83. The van der Waals surface area contributed by atoms with Gasteiger partial charge in [-0.25, -0.2) is 9.37 Å². The molecule has 2 N–H and O–H groups in total. The third-order valence-corrected chi connectivity index (χ3v) is 2.88. The summed E-state index contributed by atoms with van der Waals surface area (Å²) in [6.07, 6.45) is 1.24. The molecule has 0 atom stereocenters. The van der Waals surface area contributed by atoms with Gasteiger partial charge in [0.05, 0.1) is 11.3 Å². The van der Waals surface area contributed by atoms with E-state index in [1.165, 1.54) is 18.5 Å². The molecule has 7 heteroatoms. The van der Waals surface area contributed by atoms with Gasteiger partial charge in [-0.05, 0) is 17.7 Å².